The number of benzene rings is 1. The lowest BCUT2D eigenvalue weighted by Crippen LogP contribution is -2.44. The van der Waals surface area contributed by atoms with Crippen LogP contribution < -0.4 is 5.32 Å². The Morgan fingerprint density at radius 2 is 2.17 bits per heavy atom. The van der Waals surface area contributed by atoms with Crippen LogP contribution in [0.25, 0.3) is 0 Å². The van der Waals surface area contributed by atoms with Gasteiger partial charge < -0.3 is 10.2 Å². The molecule has 1 N–H and O–H groups in total. The fraction of sp³-hybridized carbons (Fsp3) is 0.250. The molecular formula is C16H15FN4O2S. The SMILES string of the molecule is Cc1cnc(C(=O)N2CSC[C@H]2C(=O)Nc2cccc(F)c2)cn1. The average Bonchev–Trinajstić information content (AvgIpc) is 3.04. The number of rotatable bonds is 3. The van der Waals surface area contributed by atoms with E-state index in [-0.39, 0.29) is 17.5 Å². The summed E-state index contributed by atoms with van der Waals surface area (Å²) in [5.41, 5.74) is 1.27. The number of halogens is 1. The molecule has 8 heteroatoms. The van der Waals surface area contributed by atoms with E-state index in [0.717, 1.165) is 0 Å². The number of amides is 2. The van der Waals surface area contributed by atoms with Gasteiger partial charge in [-0.2, -0.15) is 0 Å². The minimum absolute atomic E-state index is 0.201. The van der Waals surface area contributed by atoms with Gasteiger partial charge >= 0.3 is 0 Å². The topological polar surface area (TPSA) is 75.2 Å². The summed E-state index contributed by atoms with van der Waals surface area (Å²) in [6.45, 7) is 1.78. The van der Waals surface area contributed by atoms with Gasteiger partial charge in [0.25, 0.3) is 5.91 Å². The van der Waals surface area contributed by atoms with E-state index in [1.165, 1.54) is 47.3 Å². The molecule has 0 spiro atoms. The number of anilines is 1. The second-order valence-electron chi connectivity index (χ2n) is 5.33. The fourth-order valence-corrected chi connectivity index (χ4v) is 3.46. The molecule has 124 valence electrons. The monoisotopic (exact) mass is 346 g/mol. The summed E-state index contributed by atoms with van der Waals surface area (Å²) in [6.07, 6.45) is 2.92. The smallest absolute Gasteiger partial charge is 0.275 e. The first-order valence-electron chi connectivity index (χ1n) is 7.28. The predicted octanol–water partition coefficient (Wildman–Crippen LogP) is 2.08. The Labute approximate surface area is 142 Å². The van der Waals surface area contributed by atoms with E-state index in [4.69, 9.17) is 0 Å². The molecule has 1 aliphatic heterocycles. The van der Waals surface area contributed by atoms with Gasteiger partial charge in [-0.05, 0) is 25.1 Å². The number of thioether (sulfide) groups is 1. The van der Waals surface area contributed by atoms with Gasteiger partial charge in [0.1, 0.15) is 17.6 Å². The average molecular weight is 346 g/mol. The van der Waals surface area contributed by atoms with Crippen molar-refractivity contribution in [2.75, 3.05) is 16.9 Å². The van der Waals surface area contributed by atoms with Crippen LogP contribution in [0.2, 0.25) is 0 Å². The van der Waals surface area contributed by atoms with Crippen LogP contribution in [0.5, 0.6) is 0 Å². The third-order valence-electron chi connectivity index (χ3n) is 3.54. The number of aryl methyl sites for hydroxylation is 1. The molecule has 6 nitrogen and oxygen atoms in total. The van der Waals surface area contributed by atoms with E-state index in [9.17, 15) is 14.0 Å². The predicted molar refractivity (Wildman–Crippen MR) is 89.1 cm³/mol. The Balaban J connectivity index is 1.73. The minimum Gasteiger partial charge on any atom is -0.324 e. The third kappa shape index (κ3) is 3.53. The summed E-state index contributed by atoms with van der Waals surface area (Å²) in [6, 6.07) is 5.01. The van der Waals surface area contributed by atoms with E-state index < -0.39 is 11.9 Å². The lowest BCUT2D eigenvalue weighted by molar-refractivity contribution is -0.119. The lowest BCUT2D eigenvalue weighted by atomic mass is 10.2. The third-order valence-corrected chi connectivity index (χ3v) is 4.55. The first kappa shape index (κ1) is 16.4. The molecule has 2 aromatic rings. The summed E-state index contributed by atoms with van der Waals surface area (Å²) in [4.78, 5) is 34.6. The Bertz CT molecular complexity index is 769. The highest BCUT2D eigenvalue weighted by atomic mass is 32.2. The molecule has 0 bridgehead atoms. The maximum Gasteiger partial charge on any atom is 0.275 e. The van der Waals surface area contributed by atoms with E-state index in [0.29, 0.717) is 23.0 Å². The summed E-state index contributed by atoms with van der Waals surface area (Å²) in [5, 5.41) is 2.65. The Hall–Kier alpha value is -2.48. The summed E-state index contributed by atoms with van der Waals surface area (Å²) < 4.78 is 13.2. The first-order chi connectivity index (χ1) is 11.5. The van der Waals surface area contributed by atoms with Gasteiger partial charge in [0.2, 0.25) is 5.91 Å². The number of nitrogens with one attached hydrogen (secondary N) is 1. The number of carbonyl (C=O) groups excluding carboxylic acids is 2. The molecule has 2 heterocycles. The zero-order valence-corrected chi connectivity index (χ0v) is 13.7. The van der Waals surface area contributed by atoms with Crippen molar-refractivity contribution in [3.05, 3.63) is 53.9 Å². The van der Waals surface area contributed by atoms with Gasteiger partial charge in [0.15, 0.2) is 0 Å². The van der Waals surface area contributed by atoms with Crippen LogP contribution in [0.4, 0.5) is 10.1 Å². The van der Waals surface area contributed by atoms with Crippen LogP contribution in [-0.2, 0) is 4.79 Å². The summed E-state index contributed by atoms with van der Waals surface area (Å²) >= 11 is 1.48. The molecule has 24 heavy (non-hydrogen) atoms. The molecule has 1 aromatic carbocycles. The molecule has 1 fully saturated rings. The summed E-state index contributed by atoms with van der Waals surface area (Å²) in [7, 11) is 0. The molecule has 1 aromatic heterocycles. The molecular weight excluding hydrogens is 331 g/mol. The van der Waals surface area contributed by atoms with Crippen molar-refractivity contribution in [1.29, 1.82) is 0 Å². The van der Waals surface area contributed by atoms with Gasteiger partial charge in [0.05, 0.1) is 17.8 Å². The lowest BCUT2D eigenvalue weighted by Gasteiger charge is -2.22. The number of carbonyl (C=O) groups is 2. The molecule has 0 unspecified atom stereocenters. The highest BCUT2D eigenvalue weighted by Crippen LogP contribution is 2.24. The molecule has 2 amide bonds. The van der Waals surface area contributed by atoms with Crippen molar-refractivity contribution in [2.24, 2.45) is 0 Å². The van der Waals surface area contributed by atoms with Crippen molar-refractivity contribution in [3.8, 4) is 0 Å². The molecule has 1 aliphatic rings. The normalized spacial score (nSPS) is 16.9. The van der Waals surface area contributed by atoms with Crippen molar-refractivity contribution in [2.45, 2.75) is 13.0 Å². The Morgan fingerprint density at radius 3 is 2.88 bits per heavy atom. The maximum absolute atomic E-state index is 13.2. The van der Waals surface area contributed by atoms with Crippen LogP contribution in [0.3, 0.4) is 0 Å². The van der Waals surface area contributed by atoms with E-state index >= 15 is 0 Å². The van der Waals surface area contributed by atoms with Crippen molar-refractivity contribution < 1.29 is 14.0 Å². The first-order valence-corrected chi connectivity index (χ1v) is 8.44. The number of hydrogen-bond donors (Lipinski definition) is 1. The van der Waals surface area contributed by atoms with Crippen molar-refractivity contribution >= 4 is 29.3 Å². The second-order valence-corrected chi connectivity index (χ2v) is 6.33. The van der Waals surface area contributed by atoms with Crippen molar-refractivity contribution in [1.82, 2.24) is 14.9 Å². The highest BCUT2D eigenvalue weighted by Gasteiger charge is 2.35. The van der Waals surface area contributed by atoms with Crippen LogP contribution in [0.15, 0.2) is 36.7 Å². The molecule has 0 aliphatic carbocycles. The zero-order valence-electron chi connectivity index (χ0n) is 12.9. The number of hydrogen-bond acceptors (Lipinski definition) is 5. The van der Waals surface area contributed by atoms with E-state index in [2.05, 4.69) is 15.3 Å². The second kappa shape index (κ2) is 6.96. The minimum atomic E-state index is -0.631. The molecule has 1 atom stereocenters. The van der Waals surface area contributed by atoms with Crippen LogP contribution in [-0.4, -0.2) is 44.4 Å². The van der Waals surface area contributed by atoms with E-state index in [1.807, 2.05) is 0 Å². The van der Waals surface area contributed by atoms with Crippen LogP contribution in [0, 0.1) is 12.7 Å². The van der Waals surface area contributed by atoms with Gasteiger partial charge in [-0.3, -0.25) is 14.6 Å². The molecule has 3 rings (SSSR count). The summed E-state index contributed by atoms with van der Waals surface area (Å²) in [5.74, 6) is -0.246. The number of nitrogens with zero attached hydrogens (tertiary/aromatic N) is 3. The van der Waals surface area contributed by atoms with Crippen LogP contribution >= 0.6 is 11.8 Å². The van der Waals surface area contributed by atoms with Gasteiger partial charge in [-0.15, -0.1) is 11.8 Å². The maximum atomic E-state index is 13.2. The Morgan fingerprint density at radius 1 is 1.33 bits per heavy atom. The molecule has 0 radical (unpaired) electrons. The van der Waals surface area contributed by atoms with Gasteiger partial charge in [-0.25, -0.2) is 9.37 Å². The van der Waals surface area contributed by atoms with Gasteiger partial charge in [-0.1, -0.05) is 6.07 Å². The molecule has 0 saturated carbocycles. The highest BCUT2D eigenvalue weighted by molar-refractivity contribution is 7.99. The zero-order chi connectivity index (χ0) is 17.1. The van der Waals surface area contributed by atoms with Crippen LogP contribution in [0.1, 0.15) is 16.2 Å². The van der Waals surface area contributed by atoms with E-state index in [1.54, 1.807) is 13.0 Å². The Kier molecular flexibility index (Phi) is 4.75. The fourth-order valence-electron chi connectivity index (χ4n) is 2.30. The van der Waals surface area contributed by atoms with Crippen molar-refractivity contribution in [3.63, 3.8) is 0 Å². The molecule has 1 saturated heterocycles. The number of aromatic nitrogens is 2. The quantitative estimate of drug-likeness (QED) is 0.921. The van der Waals surface area contributed by atoms with Gasteiger partial charge in [0, 0.05) is 17.6 Å². The standard InChI is InChI=1S/C16H15FN4O2S/c1-10-6-19-13(7-18-10)16(23)21-9-24-8-14(21)15(22)20-12-4-2-3-11(17)5-12/h2-7,14H,8-9H2,1H3,(H,20,22)/t14-/m0/s1. The largest absolute Gasteiger partial charge is 0.324 e.